The zero-order valence-electron chi connectivity index (χ0n) is 20.3. The van der Waals surface area contributed by atoms with Gasteiger partial charge in [-0.2, -0.15) is 10.1 Å². The summed E-state index contributed by atoms with van der Waals surface area (Å²) in [6.07, 6.45) is 2.84. The predicted octanol–water partition coefficient (Wildman–Crippen LogP) is 3.57. The predicted molar refractivity (Wildman–Crippen MR) is 133 cm³/mol. The van der Waals surface area contributed by atoms with E-state index in [1.807, 2.05) is 58.0 Å². The molecule has 3 aromatic heterocycles. The highest BCUT2D eigenvalue weighted by molar-refractivity contribution is 6.00. The number of hydrogen-bond donors (Lipinski definition) is 4. The van der Waals surface area contributed by atoms with Crippen molar-refractivity contribution in [1.29, 1.82) is 0 Å². The number of H-pyrrole nitrogens is 1. The van der Waals surface area contributed by atoms with Gasteiger partial charge in [-0.1, -0.05) is 50.2 Å². The van der Waals surface area contributed by atoms with E-state index in [0.29, 0.717) is 11.9 Å². The van der Waals surface area contributed by atoms with Crippen LogP contribution < -0.4 is 16.0 Å². The van der Waals surface area contributed by atoms with Crippen molar-refractivity contribution in [3.8, 4) is 11.1 Å². The third-order valence-electron chi connectivity index (χ3n) is 6.20. The number of pyridine rings is 1. The minimum atomic E-state index is -0.368. The third-order valence-corrected chi connectivity index (χ3v) is 6.20. The molecule has 5 rings (SSSR count). The van der Waals surface area contributed by atoms with Crippen molar-refractivity contribution in [2.24, 2.45) is 0 Å². The van der Waals surface area contributed by atoms with Gasteiger partial charge in [0.25, 0.3) is 11.7 Å². The van der Waals surface area contributed by atoms with Gasteiger partial charge in [0.2, 0.25) is 5.89 Å². The summed E-state index contributed by atoms with van der Waals surface area (Å²) >= 11 is 0. The topological polar surface area (TPSA) is 134 Å². The molecule has 1 aromatic carbocycles. The normalized spacial score (nSPS) is 17.0. The Balaban J connectivity index is 1.33. The van der Waals surface area contributed by atoms with Crippen molar-refractivity contribution in [3.05, 3.63) is 53.8 Å². The second-order valence-electron chi connectivity index (χ2n) is 9.98. The standard InChI is InChI=1S/C25H30N8O2/c1-14(28-23(34)22-30-24(35-33-22)25(2,3)4)15-5-7-16(8-6-15)18-10-12-27-20-19(18)21(32-31-20)29-17-9-11-26-13-17/h5-8,10,12,14,17,26H,9,11,13H2,1-4H3,(H,28,34)(H2,27,29,31,32)/t14-,17-/m1/s1. The second kappa shape index (κ2) is 9.10. The number of aromatic amines is 1. The number of anilines is 1. The second-order valence-corrected chi connectivity index (χ2v) is 9.98. The number of carbonyl (C=O) groups is 1. The number of hydrogen-bond acceptors (Lipinski definition) is 8. The molecule has 4 N–H and O–H groups in total. The van der Waals surface area contributed by atoms with Crippen LogP contribution in [0.4, 0.5) is 5.82 Å². The molecule has 35 heavy (non-hydrogen) atoms. The van der Waals surface area contributed by atoms with E-state index in [-0.39, 0.29) is 23.2 Å². The molecule has 182 valence electrons. The lowest BCUT2D eigenvalue weighted by Gasteiger charge is -2.14. The van der Waals surface area contributed by atoms with Crippen LogP contribution in [-0.4, -0.2) is 50.4 Å². The van der Waals surface area contributed by atoms with Gasteiger partial charge in [0, 0.05) is 24.2 Å². The van der Waals surface area contributed by atoms with Crippen LogP contribution >= 0.6 is 0 Å². The average Bonchev–Trinajstić information content (AvgIpc) is 3.60. The van der Waals surface area contributed by atoms with Gasteiger partial charge in [0.05, 0.1) is 11.4 Å². The maximum Gasteiger partial charge on any atom is 0.293 e. The lowest BCUT2D eigenvalue weighted by molar-refractivity contribution is 0.0926. The van der Waals surface area contributed by atoms with E-state index in [4.69, 9.17) is 4.52 Å². The minimum Gasteiger partial charge on any atom is -0.364 e. The van der Waals surface area contributed by atoms with E-state index in [1.54, 1.807) is 6.20 Å². The zero-order valence-corrected chi connectivity index (χ0v) is 20.3. The SMILES string of the molecule is C[C@@H](NC(=O)c1noc(C(C)(C)C)n1)c1ccc(-c2ccnc3[nH]nc(N[C@@H]4CCNC4)c23)cc1. The summed E-state index contributed by atoms with van der Waals surface area (Å²) in [6, 6.07) is 10.2. The summed E-state index contributed by atoms with van der Waals surface area (Å²) < 4.78 is 5.24. The third kappa shape index (κ3) is 4.74. The summed E-state index contributed by atoms with van der Waals surface area (Å²) in [5.41, 5.74) is 3.48. The van der Waals surface area contributed by atoms with Crippen molar-refractivity contribution >= 4 is 22.8 Å². The molecule has 0 bridgehead atoms. The van der Waals surface area contributed by atoms with E-state index < -0.39 is 0 Å². The Morgan fingerprint density at radius 1 is 1.20 bits per heavy atom. The van der Waals surface area contributed by atoms with Crippen molar-refractivity contribution in [2.45, 2.75) is 51.6 Å². The van der Waals surface area contributed by atoms with Gasteiger partial charge in [-0.3, -0.25) is 9.89 Å². The van der Waals surface area contributed by atoms with Crippen molar-refractivity contribution < 1.29 is 9.32 Å². The van der Waals surface area contributed by atoms with Crippen LogP contribution in [0, 0.1) is 0 Å². The monoisotopic (exact) mass is 474 g/mol. The number of amides is 1. The first kappa shape index (κ1) is 23.0. The van der Waals surface area contributed by atoms with Crippen LogP contribution in [0.15, 0.2) is 41.1 Å². The molecular weight excluding hydrogens is 444 g/mol. The van der Waals surface area contributed by atoms with E-state index in [0.717, 1.165) is 53.1 Å². The molecule has 0 spiro atoms. The smallest absolute Gasteiger partial charge is 0.293 e. The molecule has 0 saturated carbocycles. The molecule has 0 radical (unpaired) electrons. The van der Waals surface area contributed by atoms with E-state index >= 15 is 0 Å². The van der Waals surface area contributed by atoms with E-state index in [9.17, 15) is 4.79 Å². The summed E-state index contributed by atoms with van der Waals surface area (Å²) in [4.78, 5) is 21.3. The largest absolute Gasteiger partial charge is 0.364 e. The molecule has 1 amide bonds. The molecule has 1 aliphatic heterocycles. The summed E-state index contributed by atoms with van der Waals surface area (Å²) in [5, 5.41) is 22.2. The Kier molecular flexibility index (Phi) is 5.98. The average molecular weight is 475 g/mol. The number of rotatable bonds is 6. The summed E-state index contributed by atoms with van der Waals surface area (Å²) in [7, 11) is 0. The Labute approximate surface area is 203 Å². The first-order valence-corrected chi connectivity index (χ1v) is 11.9. The Morgan fingerprint density at radius 2 is 2.00 bits per heavy atom. The molecule has 10 nitrogen and oxygen atoms in total. The van der Waals surface area contributed by atoms with Crippen LogP contribution in [-0.2, 0) is 5.41 Å². The number of carbonyl (C=O) groups excluding carboxylic acids is 1. The Bertz CT molecular complexity index is 1330. The van der Waals surface area contributed by atoms with Gasteiger partial charge in [-0.25, -0.2) is 4.98 Å². The van der Waals surface area contributed by atoms with Crippen LogP contribution in [0.5, 0.6) is 0 Å². The minimum absolute atomic E-state index is 0.0371. The highest BCUT2D eigenvalue weighted by Gasteiger charge is 2.25. The Hall–Kier alpha value is -3.79. The van der Waals surface area contributed by atoms with E-state index in [2.05, 4.69) is 41.3 Å². The molecule has 1 saturated heterocycles. The lowest BCUT2D eigenvalue weighted by Crippen LogP contribution is -2.27. The van der Waals surface area contributed by atoms with Gasteiger partial charge in [0.1, 0.15) is 0 Å². The molecule has 1 aliphatic rings. The highest BCUT2D eigenvalue weighted by atomic mass is 16.5. The van der Waals surface area contributed by atoms with Crippen LogP contribution in [0.1, 0.15) is 62.2 Å². The molecule has 0 unspecified atom stereocenters. The lowest BCUT2D eigenvalue weighted by atomic mass is 9.97. The molecule has 0 aliphatic carbocycles. The quantitative estimate of drug-likeness (QED) is 0.333. The fourth-order valence-electron chi connectivity index (χ4n) is 4.18. The maximum absolute atomic E-state index is 12.6. The summed E-state index contributed by atoms with van der Waals surface area (Å²) in [5.74, 6) is 0.916. The van der Waals surface area contributed by atoms with Gasteiger partial charge in [-0.05, 0) is 42.6 Å². The zero-order chi connectivity index (χ0) is 24.6. The molecule has 1 fully saturated rings. The highest BCUT2D eigenvalue weighted by Crippen LogP contribution is 2.32. The van der Waals surface area contributed by atoms with Gasteiger partial charge >= 0.3 is 0 Å². The molecule has 4 aromatic rings. The van der Waals surface area contributed by atoms with Crippen LogP contribution in [0.2, 0.25) is 0 Å². The fourth-order valence-corrected chi connectivity index (χ4v) is 4.18. The number of benzene rings is 1. The molecule has 2 atom stereocenters. The Morgan fingerprint density at radius 3 is 2.69 bits per heavy atom. The van der Waals surface area contributed by atoms with Crippen molar-refractivity contribution in [3.63, 3.8) is 0 Å². The number of nitrogens with zero attached hydrogens (tertiary/aromatic N) is 4. The van der Waals surface area contributed by atoms with Crippen molar-refractivity contribution in [2.75, 3.05) is 18.4 Å². The molecular formula is C25H30N8O2. The molecule has 4 heterocycles. The number of aromatic nitrogens is 5. The fraction of sp³-hybridized carbons (Fsp3) is 0.400. The first-order chi connectivity index (χ1) is 16.8. The number of nitrogens with one attached hydrogen (secondary N) is 4. The maximum atomic E-state index is 12.6. The van der Waals surface area contributed by atoms with Crippen LogP contribution in [0.25, 0.3) is 22.2 Å². The van der Waals surface area contributed by atoms with Gasteiger partial charge < -0.3 is 20.5 Å². The number of fused-ring (bicyclic) bond motifs is 1. The van der Waals surface area contributed by atoms with Crippen molar-refractivity contribution in [1.82, 2.24) is 36.0 Å². The molecule has 10 heteroatoms. The van der Waals surface area contributed by atoms with Gasteiger partial charge in [0.15, 0.2) is 11.5 Å². The van der Waals surface area contributed by atoms with Crippen LogP contribution in [0.3, 0.4) is 0 Å². The van der Waals surface area contributed by atoms with E-state index in [1.165, 1.54) is 0 Å². The van der Waals surface area contributed by atoms with Gasteiger partial charge in [-0.15, -0.1) is 0 Å². The first-order valence-electron chi connectivity index (χ1n) is 11.9. The summed E-state index contributed by atoms with van der Waals surface area (Å²) in [6.45, 7) is 9.72.